The Morgan fingerprint density at radius 2 is 1.77 bits per heavy atom. The monoisotopic (exact) mass is 348 g/mol. The first-order valence-electron chi connectivity index (χ1n) is 8.07. The van der Waals surface area contributed by atoms with Gasteiger partial charge in [0, 0.05) is 18.1 Å². The van der Waals surface area contributed by atoms with E-state index in [-0.39, 0.29) is 16.9 Å². The van der Waals surface area contributed by atoms with Crippen LogP contribution in [-0.4, -0.2) is 20.4 Å². The van der Waals surface area contributed by atoms with E-state index >= 15 is 0 Å². The lowest BCUT2D eigenvalue weighted by Crippen LogP contribution is -2.21. The molecule has 0 spiro atoms. The molecule has 0 unspecified atom stereocenters. The van der Waals surface area contributed by atoms with Crippen molar-refractivity contribution in [3.8, 4) is 0 Å². The van der Waals surface area contributed by atoms with Gasteiger partial charge in [0.1, 0.15) is 5.69 Å². The van der Waals surface area contributed by atoms with E-state index in [4.69, 9.17) is 0 Å². The van der Waals surface area contributed by atoms with Gasteiger partial charge in [-0.05, 0) is 42.1 Å². The highest BCUT2D eigenvalue weighted by Crippen LogP contribution is 2.20. The number of carbonyl (C=O) groups excluding carboxylic acids is 1. The Hall–Kier alpha value is -3.61. The van der Waals surface area contributed by atoms with Crippen molar-refractivity contribution < 1.29 is 4.79 Å². The molecular weight excluding hydrogens is 332 g/mol. The number of nitrogens with one attached hydrogen (secondary N) is 3. The number of anilines is 1. The van der Waals surface area contributed by atoms with Crippen molar-refractivity contribution in [3.63, 3.8) is 0 Å². The highest BCUT2D eigenvalue weighted by Gasteiger charge is 2.15. The molecule has 3 N–H and O–H groups in total. The molecule has 0 aliphatic heterocycles. The summed E-state index contributed by atoms with van der Waals surface area (Å²) in [5, 5.41) is 4.07. The van der Waals surface area contributed by atoms with Crippen LogP contribution in [0.1, 0.15) is 16.1 Å². The average molecular weight is 348 g/mol. The first-order valence-corrected chi connectivity index (χ1v) is 8.07. The van der Waals surface area contributed by atoms with Gasteiger partial charge in [-0.3, -0.25) is 14.2 Å². The summed E-state index contributed by atoms with van der Waals surface area (Å²) in [5.74, 6) is -0.412. The predicted molar refractivity (Wildman–Crippen MR) is 101 cm³/mol. The Bertz CT molecular complexity index is 1290. The van der Waals surface area contributed by atoms with Gasteiger partial charge >= 0.3 is 5.69 Å². The maximum Gasteiger partial charge on any atom is 0.326 e. The fourth-order valence-electron chi connectivity index (χ4n) is 3.14. The lowest BCUT2D eigenvalue weighted by Gasteiger charge is -2.10. The minimum absolute atomic E-state index is 0.219. The number of amides is 1. The molecular formula is C19H16N4O3. The van der Waals surface area contributed by atoms with Gasteiger partial charge in [-0.25, -0.2) is 4.79 Å². The molecule has 0 bridgehead atoms. The zero-order chi connectivity index (χ0) is 18.4. The van der Waals surface area contributed by atoms with Gasteiger partial charge in [0.25, 0.3) is 11.5 Å². The normalized spacial score (nSPS) is 11.2. The third kappa shape index (κ3) is 2.41. The summed E-state index contributed by atoms with van der Waals surface area (Å²) in [6.07, 6.45) is 0. The summed E-state index contributed by atoms with van der Waals surface area (Å²) < 4.78 is 1.47. The molecule has 0 atom stereocenters. The number of aromatic amines is 2. The van der Waals surface area contributed by atoms with Gasteiger partial charge in [0.05, 0.1) is 11.0 Å². The van der Waals surface area contributed by atoms with E-state index in [1.165, 1.54) is 4.57 Å². The molecule has 7 nitrogen and oxygen atoms in total. The summed E-state index contributed by atoms with van der Waals surface area (Å²) in [6, 6.07) is 12.3. The van der Waals surface area contributed by atoms with E-state index in [0.717, 1.165) is 5.39 Å². The molecule has 7 heteroatoms. The topological polar surface area (TPSA) is 99.8 Å². The number of H-pyrrole nitrogens is 2. The van der Waals surface area contributed by atoms with Crippen LogP contribution in [0.15, 0.2) is 52.1 Å². The lowest BCUT2D eigenvalue weighted by atomic mass is 10.1. The summed E-state index contributed by atoms with van der Waals surface area (Å²) in [7, 11) is 1.65. The Balaban J connectivity index is 1.76. The maximum absolute atomic E-state index is 12.7. The van der Waals surface area contributed by atoms with Gasteiger partial charge in [0.15, 0.2) is 0 Å². The minimum Gasteiger partial charge on any atom is -0.321 e. The maximum atomic E-state index is 12.7. The van der Waals surface area contributed by atoms with Crippen LogP contribution in [-0.2, 0) is 7.05 Å². The summed E-state index contributed by atoms with van der Waals surface area (Å²) in [6.45, 7) is 1.80. The molecule has 0 aliphatic rings. The van der Waals surface area contributed by atoms with Gasteiger partial charge < -0.3 is 15.3 Å². The fraction of sp³-hybridized carbons (Fsp3) is 0.105. The predicted octanol–water partition coefficient (Wildman–Crippen LogP) is 2.27. The van der Waals surface area contributed by atoms with E-state index in [1.54, 1.807) is 44.3 Å². The van der Waals surface area contributed by atoms with Crippen LogP contribution in [0, 0.1) is 6.92 Å². The number of benzene rings is 2. The number of aromatic nitrogens is 3. The Morgan fingerprint density at radius 1 is 1.04 bits per heavy atom. The minimum atomic E-state index is -0.412. The third-order valence-electron chi connectivity index (χ3n) is 4.58. The van der Waals surface area contributed by atoms with E-state index in [2.05, 4.69) is 15.3 Å². The zero-order valence-corrected chi connectivity index (χ0v) is 14.2. The van der Waals surface area contributed by atoms with Crippen molar-refractivity contribution in [2.24, 2.45) is 7.05 Å². The molecule has 4 rings (SSSR count). The number of nitrogens with zero attached hydrogens (tertiary/aromatic N) is 1. The van der Waals surface area contributed by atoms with Crippen LogP contribution in [0.2, 0.25) is 0 Å². The first-order chi connectivity index (χ1) is 12.5. The molecule has 2 aromatic carbocycles. The van der Waals surface area contributed by atoms with Crippen LogP contribution < -0.4 is 16.6 Å². The van der Waals surface area contributed by atoms with Crippen molar-refractivity contribution in [1.29, 1.82) is 0 Å². The fourth-order valence-corrected chi connectivity index (χ4v) is 3.14. The highest BCUT2D eigenvalue weighted by molar-refractivity contribution is 6.07. The summed E-state index contributed by atoms with van der Waals surface area (Å²) in [4.78, 5) is 42.0. The average Bonchev–Trinajstić information content (AvgIpc) is 2.92. The molecule has 2 heterocycles. The lowest BCUT2D eigenvalue weighted by molar-refractivity contribution is 0.102. The van der Waals surface area contributed by atoms with Crippen LogP contribution >= 0.6 is 0 Å². The largest absolute Gasteiger partial charge is 0.326 e. The number of fused-ring (bicyclic) bond motifs is 2. The molecule has 0 fully saturated rings. The molecule has 4 aromatic rings. The SMILES string of the molecule is Cc1c(C(=O)Nc2ccc3[nH]c(=O)n(C)c3c2)[nH]c(=O)c2ccccc12. The molecule has 0 saturated carbocycles. The Labute approximate surface area is 147 Å². The van der Waals surface area contributed by atoms with Gasteiger partial charge in [0.2, 0.25) is 0 Å². The van der Waals surface area contributed by atoms with Crippen molar-refractivity contribution in [2.75, 3.05) is 5.32 Å². The Kier molecular flexibility index (Phi) is 3.50. The molecule has 0 saturated heterocycles. The van der Waals surface area contributed by atoms with E-state index in [0.29, 0.717) is 27.7 Å². The number of carbonyl (C=O) groups is 1. The molecule has 0 radical (unpaired) electrons. The van der Waals surface area contributed by atoms with Gasteiger partial charge in [-0.2, -0.15) is 0 Å². The second kappa shape index (κ2) is 5.73. The Morgan fingerprint density at radius 3 is 2.54 bits per heavy atom. The van der Waals surface area contributed by atoms with Crippen LogP contribution in [0.5, 0.6) is 0 Å². The number of imidazole rings is 1. The van der Waals surface area contributed by atoms with E-state index < -0.39 is 5.91 Å². The van der Waals surface area contributed by atoms with Crippen LogP contribution in [0.3, 0.4) is 0 Å². The highest BCUT2D eigenvalue weighted by atomic mass is 16.2. The quantitative estimate of drug-likeness (QED) is 0.518. The van der Waals surface area contributed by atoms with Crippen molar-refractivity contribution in [1.82, 2.24) is 14.5 Å². The standard InChI is InChI=1S/C19H16N4O3/c1-10-12-5-3-4-6-13(12)17(24)22-16(10)18(25)20-11-7-8-14-15(9-11)23(2)19(26)21-14/h3-9H,1-2H3,(H,20,25)(H,21,26)(H,22,24). The van der Waals surface area contributed by atoms with E-state index in [9.17, 15) is 14.4 Å². The second-order valence-electron chi connectivity index (χ2n) is 6.17. The van der Waals surface area contributed by atoms with Crippen LogP contribution in [0.4, 0.5) is 5.69 Å². The number of aryl methyl sites for hydroxylation is 2. The number of pyridine rings is 1. The summed E-state index contributed by atoms with van der Waals surface area (Å²) >= 11 is 0. The zero-order valence-electron chi connectivity index (χ0n) is 14.2. The third-order valence-corrected chi connectivity index (χ3v) is 4.58. The number of rotatable bonds is 2. The number of hydrogen-bond acceptors (Lipinski definition) is 3. The van der Waals surface area contributed by atoms with E-state index in [1.807, 2.05) is 12.1 Å². The molecule has 26 heavy (non-hydrogen) atoms. The van der Waals surface area contributed by atoms with Gasteiger partial charge in [-0.1, -0.05) is 18.2 Å². The molecule has 130 valence electrons. The van der Waals surface area contributed by atoms with Gasteiger partial charge in [-0.15, -0.1) is 0 Å². The molecule has 1 amide bonds. The second-order valence-corrected chi connectivity index (χ2v) is 6.17. The van der Waals surface area contributed by atoms with Crippen molar-refractivity contribution >= 4 is 33.4 Å². The van der Waals surface area contributed by atoms with Crippen molar-refractivity contribution in [2.45, 2.75) is 6.92 Å². The first kappa shape index (κ1) is 15.9. The number of hydrogen-bond donors (Lipinski definition) is 3. The summed E-state index contributed by atoms with van der Waals surface area (Å²) in [5.41, 5.74) is 2.29. The molecule has 2 aromatic heterocycles. The van der Waals surface area contributed by atoms with Crippen LogP contribution in [0.25, 0.3) is 21.8 Å². The smallest absolute Gasteiger partial charge is 0.321 e. The molecule has 0 aliphatic carbocycles. The van der Waals surface area contributed by atoms with Crippen molar-refractivity contribution in [3.05, 3.63) is 74.6 Å².